The summed E-state index contributed by atoms with van der Waals surface area (Å²) in [5, 5.41) is 2.01. The van der Waals surface area contributed by atoms with Gasteiger partial charge < -0.3 is 19.5 Å². The number of hydrogen-bond donors (Lipinski definition) is 1. The van der Waals surface area contributed by atoms with E-state index in [1.807, 2.05) is 19.0 Å². The van der Waals surface area contributed by atoms with Gasteiger partial charge in [-0.05, 0) is 93.7 Å². The molecule has 1 amide bonds. The van der Waals surface area contributed by atoms with Gasteiger partial charge in [-0.25, -0.2) is 4.79 Å². The molecule has 0 saturated carbocycles. The van der Waals surface area contributed by atoms with Crippen LogP contribution in [0.1, 0.15) is 58.6 Å². The maximum atomic E-state index is 15.0. The number of carbonyl (C=O) groups is 2. The maximum absolute atomic E-state index is 15.0. The van der Waals surface area contributed by atoms with Crippen LogP contribution in [-0.2, 0) is 46.8 Å². The van der Waals surface area contributed by atoms with Crippen LogP contribution < -0.4 is 10.9 Å². The number of methoxy groups -OCH3 is 1. The third-order valence-electron chi connectivity index (χ3n) is 10.6. The van der Waals surface area contributed by atoms with E-state index in [0.29, 0.717) is 35.2 Å². The molecule has 17 heteroatoms. The number of alkyl halides is 9. The highest BCUT2D eigenvalue weighted by Crippen LogP contribution is 2.48. The fourth-order valence-corrected chi connectivity index (χ4v) is 7.81. The molecular formula is C37H41F9N4O4. The summed E-state index contributed by atoms with van der Waals surface area (Å²) in [7, 11) is 6.04. The third-order valence-corrected chi connectivity index (χ3v) is 10.6. The van der Waals surface area contributed by atoms with Gasteiger partial charge in [0.15, 0.2) is 0 Å². The first kappa shape index (κ1) is 41.1. The number of fused-ring (bicyclic) bond motifs is 2. The average molecular weight is 777 g/mol. The van der Waals surface area contributed by atoms with Crippen LogP contribution in [0.25, 0.3) is 10.9 Å². The van der Waals surface area contributed by atoms with E-state index < -0.39 is 103 Å². The molecule has 1 fully saturated rings. The summed E-state index contributed by atoms with van der Waals surface area (Å²) < 4.78 is 133. The number of nitrogens with one attached hydrogen (secondary N) is 1. The number of piperidine rings is 1. The lowest BCUT2D eigenvalue weighted by molar-refractivity contribution is -0.236. The monoisotopic (exact) mass is 776 g/mol. The highest BCUT2D eigenvalue weighted by atomic mass is 19.4. The first-order valence-electron chi connectivity index (χ1n) is 17.3. The van der Waals surface area contributed by atoms with Crippen molar-refractivity contribution in [1.29, 1.82) is 0 Å². The van der Waals surface area contributed by atoms with Crippen molar-refractivity contribution in [3.63, 3.8) is 0 Å². The van der Waals surface area contributed by atoms with Crippen molar-refractivity contribution in [2.24, 2.45) is 12.5 Å². The van der Waals surface area contributed by atoms with E-state index in [4.69, 9.17) is 4.74 Å². The van der Waals surface area contributed by atoms with Crippen molar-refractivity contribution in [2.45, 2.75) is 69.0 Å². The number of pyridine rings is 1. The molecule has 0 spiro atoms. The SMILES string of the molecule is COC(=O)C(Cc1cccc2c1CCC2c1c(C(F)(F)F)c2cc(CCN(C)C)ccc2n(C)c1=O)NC(=O)C1(C(F)(F)F)CCN(CC(F)(F)F)CC1. The van der Waals surface area contributed by atoms with Gasteiger partial charge in [-0.2, -0.15) is 39.5 Å². The Kier molecular flexibility index (Phi) is 11.6. The lowest BCUT2D eigenvalue weighted by Gasteiger charge is -2.42. The predicted octanol–water partition coefficient (Wildman–Crippen LogP) is 6.15. The Hall–Kier alpha value is -4.12. The lowest BCUT2D eigenvalue weighted by atomic mass is 9.76. The van der Waals surface area contributed by atoms with E-state index in [2.05, 4.69) is 5.32 Å². The summed E-state index contributed by atoms with van der Waals surface area (Å²) in [6.45, 7) is -2.21. The largest absolute Gasteiger partial charge is 0.467 e. The third kappa shape index (κ3) is 8.26. The number of rotatable bonds is 10. The number of esters is 1. The van der Waals surface area contributed by atoms with E-state index in [9.17, 15) is 40.7 Å². The van der Waals surface area contributed by atoms with Gasteiger partial charge in [0.2, 0.25) is 5.91 Å². The van der Waals surface area contributed by atoms with Crippen molar-refractivity contribution in [3.05, 3.63) is 80.1 Å². The molecule has 1 saturated heterocycles. The Morgan fingerprint density at radius 2 is 1.69 bits per heavy atom. The quantitative estimate of drug-likeness (QED) is 0.197. The average Bonchev–Trinajstić information content (AvgIpc) is 3.51. The van der Waals surface area contributed by atoms with Crippen LogP contribution in [0.2, 0.25) is 0 Å². The number of likely N-dealkylation sites (tertiary alicyclic amines) is 1. The van der Waals surface area contributed by atoms with E-state index >= 15 is 13.2 Å². The highest BCUT2D eigenvalue weighted by Gasteiger charge is 2.61. The number of aryl methyl sites for hydroxylation is 1. The molecule has 1 aliphatic carbocycles. The van der Waals surface area contributed by atoms with Crippen LogP contribution in [0.3, 0.4) is 0 Å². The fourth-order valence-electron chi connectivity index (χ4n) is 7.81. The molecule has 1 N–H and O–H groups in total. The van der Waals surface area contributed by atoms with Crippen LogP contribution in [0, 0.1) is 5.41 Å². The Labute approximate surface area is 305 Å². The summed E-state index contributed by atoms with van der Waals surface area (Å²) in [6.07, 6.45) is -16.4. The minimum absolute atomic E-state index is 0.0807. The molecule has 2 atom stereocenters. The molecule has 296 valence electrons. The van der Waals surface area contributed by atoms with E-state index in [0.717, 1.165) is 12.0 Å². The van der Waals surface area contributed by atoms with Crippen LogP contribution in [0.5, 0.6) is 0 Å². The minimum Gasteiger partial charge on any atom is -0.467 e. The van der Waals surface area contributed by atoms with Gasteiger partial charge in [0.25, 0.3) is 5.56 Å². The zero-order valence-corrected chi connectivity index (χ0v) is 30.1. The highest BCUT2D eigenvalue weighted by molar-refractivity contribution is 5.89. The van der Waals surface area contributed by atoms with Crippen molar-refractivity contribution in [3.8, 4) is 0 Å². The summed E-state index contributed by atoms with van der Waals surface area (Å²) in [5.74, 6) is -3.72. The van der Waals surface area contributed by atoms with Crippen molar-refractivity contribution >= 4 is 22.8 Å². The molecule has 2 heterocycles. The maximum Gasteiger partial charge on any atom is 0.417 e. The number of hydrogen-bond acceptors (Lipinski definition) is 6. The minimum atomic E-state index is -5.17. The number of halogens is 9. The van der Waals surface area contributed by atoms with E-state index in [1.54, 1.807) is 12.1 Å². The first-order valence-corrected chi connectivity index (χ1v) is 17.3. The van der Waals surface area contributed by atoms with E-state index in [1.165, 1.54) is 35.9 Å². The zero-order chi connectivity index (χ0) is 40.0. The fraction of sp³-hybridized carbons (Fsp3) is 0.541. The van der Waals surface area contributed by atoms with Crippen LogP contribution in [-0.4, -0.2) is 92.0 Å². The number of likely N-dealkylation sites (N-methyl/N-ethyl adjacent to an activating group) is 1. The second-order valence-electron chi connectivity index (χ2n) is 14.4. The number of aromatic nitrogens is 1. The molecule has 0 bridgehead atoms. The lowest BCUT2D eigenvalue weighted by Crippen LogP contribution is -2.59. The molecule has 1 aliphatic heterocycles. The standard InChI is InChI=1S/C37H41F9N4O4/c1-48(2)15-12-21-8-11-28-26(18-21)30(36(41,42)43)29(31(51)49(28)3)25-10-9-23-22(6-5-7-24(23)25)19-27(32(52)54-4)47-33(53)34(37(44,45)46)13-16-50(17-14-34)20-35(38,39)40/h5-8,11,18,25,27H,9-10,12-17,19-20H2,1-4H3,(H,47,53). The Morgan fingerprint density at radius 1 is 1.02 bits per heavy atom. The molecule has 2 aromatic carbocycles. The number of carbonyl (C=O) groups excluding carboxylic acids is 2. The molecule has 0 radical (unpaired) electrons. The Morgan fingerprint density at radius 3 is 2.26 bits per heavy atom. The van der Waals surface area contributed by atoms with Gasteiger partial charge in [-0.3, -0.25) is 14.5 Å². The normalized spacial score (nSPS) is 18.5. The molecule has 3 aromatic rings. The van der Waals surface area contributed by atoms with Gasteiger partial charge in [0.05, 0.1) is 24.7 Å². The topological polar surface area (TPSA) is 83.9 Å². The molecule has 1 aromatic heterocycles. The number of amides is 1. The van der Waals surface area contributed by atoms with Crippen molar-refractivity contribution < 1.29 is 53.8 Å². The van der Waals surface area contributed by atoms with Crippen molar-refractivity contribution in [1.82, 2.24) is 19.7 Å². The van der Waals surface area contributed by atoms with Gasteiger partial charge in [0, 0.05) is 36.9 Å². The molecular weight excluding hydrogens is 735 g/mol. The number of benzene rings is 2. The van der Waals surface area contributed by atoms with Gasteiger partial charge in [-0.15, -0.1) is 0 Å². The molecule has 2 unspecified atom stereocenters. The molecule has 5 rings (SSSR count). The Balaban J connectivity index is 1.50. The summed E-state index contributed by atoms with van der Waals surface area (Å²) in [5.41, 5.74) is -3.47. The molecule has 54 heavy (non-hydrogen) atoms. The first-order chi connectivity index (χ1) is 25.1. The summed E-state index contributed by atoms with van der Waals surface area (Å²) in [6, 6.07) is 7.54. The zero-order valence-electron chi connectivity index (χ0n) is 30.1. The number of ether oxygens (including phenoxy) is 1. The Bertz CT molecular complexity index is 1950. The second-order valence-corrected chi connectivity index (χ2v) is 14.4. The van der Waals surface area contributed by atoms with Gasteiger partial charge in [-0.1, -0.05) is 24.3 Å². The summed E-state index contributed by atoms with van der Waals surface area (Å²) >= 11 is 0. The van der Waals surface area contributed by atoms with Gasteiger partial charge >= 0.3 is 24.5 Å². The summed E-state index contributed by atoms with van der Waals surface area (Å²) in [4.78, 5) is 42.8. The predicted molar refractivity (Wildman–Crippen MR) is 181 cm³/mol. The van der Waals surface area contributed by atoms with Crippen LogP contribution in [0.4, 0.5) is 39.5 Å². The van der Waals surface area contributed by atoms with Crippen LogP contribution in [0.15, 0.2) is 41.2 Å². The van der Waals surface area contributed by atoms with Gasteiger partial charge in [0.1, 0.15) is 11.5 Å². The molecule has 8 nitrogen and oxygen atoms in total. The smallest absolute Gasteiger partial charge is 0.417 e. The second kappa shape index (κ2) is 15.2. The number of nitrogens with zero attached hydrogens (tertiary/aromatic N) is 3. The van der Waals surface area contributed by atoms with Crippen LogP contribution >= 0.6 is 0 Å². The van der Waals surface area contributed by atoms with E-state index in [-0.39, 0.29) is 23.7 Å². The van der Waals surface area contributed by atoms with Crippen molar-refractivity contribution in [2.75, 3.05) is 47.4 Å². The molecule has 2 aliphatic rings.